The number of hydrogen-bond donors (Lipinski definition) is 0. The first-order chi connectivity index (χ1) is 45.9. The Balaban J connectivity index is 0.793. The molecule has 17 aromatic rings. The molecule has 18 rings (SSSR count). The first-order valence-electron chi connectivity index (χ1n) is 32.4. The third-order valence-electron chi connectivity index (χ3n) is 20.0. The van der Waals surface area contributed by atoms with Gasteiger partial charge < -0.3 is 9.47 Å². The molecule has 0 radical (unpaired) electrons. The minimum atomic E-state index is -0.171. The molecule has 0 fully saturated rings. The zero-order valence-electron chi connectivity index (χ0n) is 51.7. The summed E-state index contributed by atoms with van der Waals surface area (Å²) in [5, 5.41) is 12.3. The normalized spacial score (nSPS) is 12.5. The fourth-order valence-corrected chi connectivity index (χ4v) is 15.5. The second-order valence-electron chi connectivity index (χ2n) is 25.5. The van der Waals surface area contributed by atoms with Gasteiger partial charge in [0.05, 0.1) is 11.0 Å². The van der Waals surface area contributed by atoms with E-state index in [1.807, 2.05) is 0 Å². The van der Waals surface area contributed by atoms with Crippen molar-refractivity contribution in [1.29, 1.82) is 0 Å². The van der Waals surface area contributed by atoms with Crippen molar-refractivity contribution >= 4 is 82.0 Å². The summed E-state index contributed by atoms with van der Waals surface area (Å²) < 4.78 is 2.38. The number of fused-ring (bicyclic) bond motifs is 10. The van der Waals surface area contributed by atoms with Crippen LogP contribution < -0.4 is 4.90 Å². The van der Waals surface area contributed by atoms with Gasteiger partial charge in [0, 0.05) is 38.9 Å². The van der Waals surface area contributed by atoms with Crippen LogP contribution in [0.25, 0.3) is 148 Å². The molecule has 0 unspecified atom stereocenters. The summed E-state index contributed by atoms with van der Waals surface area (Å²) in [5.41, 5.74) is 26.2. The van der Waals surface area contributed by atoms with Crippen molar-refractivity contribution in [3.05, 3.63) is 351 Å². The molecule has 0 N–H and O–H groups in total. The highest BCUT2D eigenvalue weighted by molar-refractivity contribution is 6.18. The van der Waals surface area contributed by atoms with E-state index < -0.39 is 0 Å². The summed E-state index contributed by atoms with van der Waals surface area (Å²) in [6.45, 7) is 4.74. The maximum Gasteiger partial charge on any atom is 0.0541 e. The second kappa shape index (κ2) is 21.7. The highest BCUT2D eigenvalue weighted by Crippen LogP contribution is 2.52. The molecule has 0 saturated carbocycles. The summed E-state index contributed by atoms with van der Waals surface area (Å²) >= 11 is 0. The molecule has 0 aliphatic heterocycles. The first-order valence-corrected chi connectivity index (χ1v) is 32.4. The van der Waals surface area contributed by atoms with Crippen LogP contribution in [0.2, 0.25) is 0 Å². The maximum absolute atomic E-state index is 2.44. The molecule has 436 valence electrons. The van der Waals surface area contributed by atoms with E-state index in [9.17, 15) is 0 Å². The Labute approximate surface area is 541 Å². The molecule has 16 aromatic carbocycles. The van der Waals surface area contributed by atoms with Crippen LogP contribution in [0.1, 0.15) is 25.0 Å². The lowest BCUT2D eigenvalue weighted by Crippen LogP contribution is -2.16. The Hall–Kier alpha value is -11.8. The lowest BCUT2D eigenvalue weighted by Gasteiger charge is -2.28. The Kier molecular flexibility index (Phi) is 12.6. The van der Waals surface area contributed by atoms with Gasteiger partial charge in [0.15, 0.2) is 0 Å². The number of aromatic nitrogens is 1. The van der Waals surface area contributed by atoms with Crippen LogP contribution in [-0.4, -0.2) is 4.57 Å². The molecule has 0 amide bonds. The first kappa shape index (κ1) is 54.1. The van der Waals surface area contributed by atoms with Crippen molar-refractivity contribution in [2.45, 2.75) is 19.3 Å². The summed E-state index contributed by atoms with van der Waals surface area (Å²) in [7, 11) is 0. The van der Waals surface area contributed by atoms with Crippen molar-refractivity contribution in [3.8, 4) is 83.6 Å². The minimum absolute atomic E-state index is 0.171. The van der Waals surface area contributed by atoms with E-state index in [1.54, 1.807) is 0 Å². The topological polar surface area (TPSA) is 8.17 Å². The van der Waals surface area contributed by atoms with E-state index in [4.69, 9.17) is 0 Å². The zero-order valence-corrected chi connectivity index (χ0v) is 51.7. The number of nitrogens with zero attached hydrogens (tertiary/aromatic N) is 2. The van der Waals surface area contributed by atoms with Crippen molar-refractivity contribution in [2.75, 3.05) is 4.90 Å². The van der Waals surface area contributed by atoms with Crippen molar-refractivity contribution in [1.82, 2.24) is 4.57 Å². The molecule has 0 saturated heterocycles. The molecule has 93 heavy (non-hydrogen) atoms. The van der Waals surface area contributed by atoms with Gasteiger partial charge in [-0.2, -0.15) is 0 Å². The lowest BCUT2D eigenvalue weighted by atomic mass is 9.82. The predicted molar refractivity (Wildman–Crippen MR) is 396 cm³/mol. The van der Waals surface area contributed by atoms with Crippen molar-refractivity contribution in [2.24, 2.45) is 0 Å². The molecule has 0 atom stereocenters. The van der Waals surface area contributed by atoms with Crippen LogP contribution in [0.5, 0.6) is 0 Å². The van der Waals surface area contributed by atoms with Gasteiger partial charge in [-0.15, -0.1) is 0 Å². The summed E-state index contributed by atoms with van der Waals surface area (Å²) in [6.07, 6.45) is 0. The number of anilines is 3. The molecule has 0 spiro atoms. The van der Waals surface area contributed by atoms with Gasteiger partial charge >= 0.3 is 0 Å². The molecule has 2 heteroatoms. The highest BCUT2D eigenvalue weighted by Gasteiger charge is 2.36. The number of para-hydroxylation sites is 2. The maximum atomic E-state index is 2.44. The van der Waals surface area contributed by atoms with Crippen LogP contribution in [0.15, 0.2) is 340 Å². The standard InChI is InChI=1S/C91H62N2/c1-91(2)86-38-14-12-31-79(86)80-50-49-71(58-87(80)91)92(69-45-40-59(41-46-69)64-44-53-89-85(57-64)81-32-13-15-39-88(81)93(89)68-26-4-3-5-27-68)70-47-42-60(43-48-70)65-54-66(75-33-16-23-61-20-6-9-28-72(61)75)56-67(55-65)76-51-52-84(78-35-18-25-63-22-8-11-30-74(63)78)90-82(76)36-19-37-83(90)77-34-17-24-62-21-7-10-29-73(62)77/h3-58H,1-2H3. The van der Waals surface area contributed by atoms with Crippen LogP contribution in [0.3, 0.4) is 0 Å². The second-order valence-corrected chi connectivity index (χ2v) is 25.5. The van der Waals surface area contributed by atoms with E-state index in [2.05, 4.69) is 363 Å². The quantitative estimate of drug-likeness (QED) is 0.132. The average molecular weight is 1180 g/mol. The third-order valence-corrected chi connectivity index (χ3v) is 20.0. The number of benzene rings is 16. The lowest BCUT2D eigenvalue weighted by molar-refractivity contribution is 0.660. The van der Waals surface area contributed by atoms with E-state index in [0.29, 0.717) is 0 Å². The predicted octanol–water partition coefficient (Wildman–Crippen LogP) is 25.2. The Morgan fingerprint density at radius 1 is 0.237 bits per heavy atom. The van der Waals surface area contributed by atoms with E-state index >= 15 is 0 Å². The minimum Gasteiger partial charge on any atom is -0.310 e. The third kappa shape index (κ3) is 8.93. The average Bonchev–Trinajstić information content (AvgIpc) is 1.72. The Bertz CT molecular complexity index is 5730. The van der Waals surface area contributed by atoms with Gasteiger partial charge in [0.1, 0.15) is 0 Å². The van der Waals surface area contributed by atoms with E-state index in [1.165, 1.54) is 137 Å². The van der Waals surface area contributed by atoms with Crippen LogP contribution >= 0.6 is 0 Å². The Morgan fingerprint density at radius 3 is 1.32 bits per heavy atom. The molecule has 1 aliphatic carbocycles. The molecule has 0 bridgehead atoms. The van der Waals surface area contributed by atoms with E-state index in [0.717, 1.165) is 39.4 Å². The fourth-order valence-electron chi connectivity index (χ4n) is 15.5. The van der Waals surface area contributed by atoms with Gasteiger partial charge in [0.25, 0.3) is 0 Å². The zero-order chi connectivity index (χ0) is 61.7. The van der Waals surface area contributed by atoms with Gasteiger partial charge in [-0.1, -0.05) is 269 Å². The summed E-state index contributed by atoms with van der Waals surface area (Å²) in [6, 6.07) is 126. The van der Waals surface area contributed by atoms with Crippen LogP contribution in [0, 0.1) is 0 Å². The SMILES string of the molecule is CC1(C)c2ccccc2-c2ccc(N(c3ccc(-c4cc(-c5cccc6ccccc56)cc(-c5ccc(-c6cccc7ccccc67)c6c(-c7cccc8ccccc78)cccc56)c4)cc3)c3ccc(-c4ccc5c(c4)c4ccccc4n5-c4ccccc4)cc3)cc21. The fraction of sp³-hybridized carbons (Fsp3) is 0.0330. The summed E-state index contributed by atoms with van der Waals surface area (Å²) in [4.78, 5) is 2.44. The highest BCUT2D eigenvalue weighted by atomic mass is 15.1. The monoisotopic (exact) mass is 1180 g/mol. The number of rotatable bonds is 10. The van der Waals surface area contributed by atoms with Gasteiger partial charge in [-0.05, 0) is 217 Å². The molecular weight excluding hydrogens is 1120 g/mol. The molecule has 1 heterocycles. The van der Waals surface area contributed by atoms with Gasteiger partial charge in [0.2, 0.25) is 0 Å². The molecule has 1 aliphatic rings. The van der Waals surface area contributed by atoms with Gasteiger partial charge in [-0.25, -0.2) is 0 Å². The van der Waals surface area contributed by atoms with Gasteiger partial charge in [-0.3, -0.25) is 0 Å². The van der Waals surface area contributed by atoms with Crippen LogP contribution in [-0.2, 0) is 5.41 Å². The largest absolute Gasteiger partial charge is 0.310 e. The molecule has 1 aromatic heterocycles. The number of hydrogen-bond acceptors (Lipinski definition) is 1. The smallest absolute Gasteiger partial charge is 0.0541 e. The van der Waals surface area contributed by atoms with Crippen molar-refractivity contribution < 1.29 is 0 Å². The van der Waals surface area contributed by atoms with E-state index in [-0.39, 0.29) is 5.41 Å². The summed E-state index contributed by atoms with van der Waals surface area (Å²) in [5.74, 6) is 0. The molecular formula is C91H62N2. The Morgan fingerprint density at radius 2 is 0.656 bits per heavy atom. The van der Waals surface area contributed by atoms with Crippen LogP contribution in [0.4, 0.5) is 17.1 Å². The molecule has 2 nitrogen and oxygen atoms in total. The van der Waals surface area contributed by atoms with Crippen molar-refractivity contribution in [3.63, 3.8) is 0 Å².